The summed E-state index contributed by atoms with van der Waals surface area (Å²) in [6, 6.07) is 0.563. The first kappa shape index (κ1) is 11.1. The molecule has 0 aromatic carbocycles. The minimum Gasteiger partial charge on any atom is -0.465 e. The van der Waals surface area contributed by atoms with E-state index >= 15 is 0 Å². The molecule has 0 aliphatic heterocycles. The number of hydrogen-bond donors (Lipinski definition) is 0. The molecule has 0 heterocycles. The van der Waals surface area contributed by atoms with E-state index in [1.165, 1.54) is 12.8 Å². The Balaban J connectivity index is 2.28. The van der Waals surface area contributed by atoms with Crippen LogP contribution in [0.15, 0.2) is 0 Å². The lowest BCUT2D eigenvalue weighted by Gasteiger charge is -2.19. The third-order valence-corrected chi connectivity index (χ3v) is 2.24. The molecule has 0 amide bonds. The zero-order valence-electron chi connectivity index (χ0n) is 8.66. The van der Waals surface area contributed by atoms with Crippen molar-refractivity contribution in [2.45, 2.75) is 32.2 Å². The summed E-state index contributed by atoms with van der Waals surface area (Å²) in [5, 5.41) is 0. The standard InChI is InChI=1S/C11H17NO2/c1-3-5-8-12(10-6-7-10)9-11(13)14-4-2/h1,10H,4-9H2,2H3. The van der Waals surface area contributed by atoms with Crippen molar-refractivity contribution in [1.29, 1.82) is 0 Å². The van der Waals surface area contributed by atoms with E-state index in [1.807, 2.05) is 6.92 Å². The number of ether oxygens (including phenoxy) is 1. The van der Waals surface area contributed by atoms with Gasteiger partial charge in [-0.25, -0.2) is 0 Å². The van der Waals surface area contributed by atoms with Crippen molar-refractivity contribution in [3.63, 3.8) is 0 Å². The Kier molecular flexibility index (Phi) is 4.48. The van der Waals surface area contributed by atoms with Crippen molar-refractivity contribution in [2.75, 3.05) is 19.7 Å². The minimum atomic E-state index is -0.142. The Morgan fingerprint density at radius 3 is 2.86 bits per heavy atom. The molecule has 0 atom stereocenters. The van der Waals surface area contributed by atoms with Crippen LogP contribution < -0.4 is 0 Å². The third-order valence-electron chi connectivity index (χ3n) is 2.24. The van der Waals surface area contributed by atoms with Crippen molar-refractivity contribution < 1.29 is 9.53 Å². The number of rotatable bonds is 6. The highest BCUT2D eigenvalue weighted by atomic mass is 16.5. The zero-order valence-corrected chi connectivity index (χ0v) is 8.66. The molecular formula is C11H17NO2. The summed E-state index contributed by atoms with van der Waals surface area (Å²) in [5.41, 5.74) is 0. The maximum Gasteiger partial charge on any atom is 0.320 e. The monoisotopic (exact) mass is 195 g/mol. The molecule has 1 aliphatic rings. The van der Waals surface area contributed by atoms with Crippen molar-refractivity contribution in [2.24, 2.45) is 0 Å². The molecule has 1 rings (SSSR count). The SMILES string of the molecule is C#CCCN(CC(=O)OCC)C1CC1. The molecule has 0 saturated heterocycles. The summed E-state index contributed by atoms with van der Waals surface area (Å²) < 4.78 is 4.90. The second-order valence-electron chi connectivity index (χ2n) is 3.46. The maximum atomic E-state index is 11.2. The third kappa shape index (κ3) is 3.80. The first-order valence-corrected chi connectivity index (χ1v) is 5.11. The second-order valence-corrected chi connectivity index (χ2v) is 3.46. The van der Waals surface area contributed by atoms with Gasteiger partial charge in [-0.2, -0.15) is 0 Å². The number of carbonyl (C=O) groups is 1. The number of esters is 1. The molecule has 0 spiro atoms. The van der Waals surface area contributed by atoms with Crippen molar-refractivity contribution in [1.82, 2.24) is 4.90 Å². The van der Waals surface area contributed by atoms with Crippen LogP contribution in [0.25, 0.3) is 0 Å². The van der Waals surface area contributed by atoms with Gasteiger partial charge < -0.3 is 4.74 Å². The van der Waals surface area contributed by atoms with Gasteiger partial charge in [0.25, 0.3) is 0 Å². The lowest BCUT2D eigenvalue weighted by Crippen LogP contribution is -2.33. The molecule has 1 aliphatic carbocycles. The summed E-state index contributed by atoms with van der Waals surface area (Å²) in [6.07, 6.45) is 8.27. The van der Waals surface area contributed by atoms with Crippen LogP contribution in [0, 0.1) is 12.3 Å². The minimum absolute atomic E-state index is 0.142. The van der Waals surface area contributed by atoms with Crippen LogP contribution in [0.2, 0.25) is 0 Å². The molecule has 78 valence electrons. The topological polar surface area (TPSA) is 29.5 Å². The fourth-order valence-corrected chi connectivity index (χ4v) is 1.41. The summed E-state index contributed by atoms with van der Waals surface area (Å²) in [5.74, 6) is 2.45. The number of carbonyl (C=O) groups excluding carboxylic acids is 1. The van der Waals surface area contributed by atoms with Crippen molar-refractivity contribution in [3.05, 3.63) is 0 Å². The molecule has 0 bridgehead atoms. The van der Waals surface area contributed by atoms with E-state index in [0.717, 1.165) is 6.54 Å². The van der Waals surface area contributed by atoms with Crippen LogP contribution in [-0.4, -0.2) is 36.6 Å². The highest BCUT2D eigenvalue weighted by Gasteiger charge is 2.29. The van der Waals surface area contributed by atoms with Gasteiger partial charge >= 0.3 is 5.97 Å². The zero-order chi connectivity index (χ0) is 10.4. The predicted octanol–water partition coefficient (Wildman–Crippen LogP) is 1.04. The first-order valence-electron chi connectivity index (χ1n) is 5.11. The molecule has 0 N–H and O–H groups in total. The smallest absolute Gasteiger partial charge is 0.320 e. The average molecular weight is 195 g/mol. The molecule has 3 heteroatoms. The largest absolute Gasteiger partial charge is 0.465 e. The normalized spacial score (nSPS) is 15.2. The van der Waals surface area contributed by atoms with Crippen LogP contribution >= 0.6 is 0 Å². The predicted molar refractivity (Wildman–Crippen MR) is 54.7 cm³/mol. The van der Waals surface area contributed by atoms with Gasteiger partial charge in [-0.05, 0) is 19.8 Å². The van der Waals surface area contributed by atoms with E-state index in [1.54, 1.807) is 0 Å². The van der Waals surface area contributed by atoms with Crippen LogP contribution in [0.3, 0.4) is 0 Å². The average Bonchev–Trinajstić information content (AvgIpc) is 2.95. The Hall–Kier alpha value is -1.01. The number of hydrogen-bond acceptors (Lipinski definition) is 3. The van der Waals surface area contributed by atoms with Crippen LogP contribution in [0.1, 0.15) is 26.2 Å². The molecule has 3 nitrogen and oxygen atoms in total. The molecule has 0 radical (unpaired) electrons. The lowest BCUT2D eigenvalue weighted by molar-refractivity contribution is -0.144. The van der Waals surface area contributed by atoms with Gasteiger partial charge in [0, 0.05) is 19.0 Å². The molecule has 0 unspecified atom stereocenters. The van der Waals surface area contributed by atoms with Crippen molar-refractivity contribution in [3.8, 4) is 12.3 Å². The summed E-state index contributed by atoms with van der Waals surface area (Å²) in [7, 11) is 0. The molecule has 0 aromatic heterocycles. The molecule has 1 fully saturated rings. The maximum absolute atomic E-state index is 11.2. The summed E-state index contributed by atoms with van der Waals surface area (Å²) in [6.45, 7) is 3.47. The Labute approximate surface area is 85.4 Å². The van der Waals surface area contributed by atoms with Gasteiger partial charge in [0.1, 0.15) is 0 Å². The van der Waals surface area contributed by atoms with Crippen LogP contribution in [0.4, 0.5) is 0 Å². The second kappa shape index (κ2) is 5.66. The van der Waals surface area contributed by atoms with Crippen LogP contribution in [-0.2, 0) is 9.53 Å². The van der Waals surface area contributed by atoms with E-state index in [9.17, 15) is 4.79 Å². The molecule has 0 aromatic rings. The van der Waals surface area contributed by atoms with E-state index in [0.29, 0.717) is 25.6 Å². The first-order chi connectivity index (χ1) is 6.77. The van der Waals surface area contributed by atoms with Gasteiger partial charge in [-0.15, -0.1) is 12.3 Å². The van der Waals surface area contributed by atoms with Gasteiger partial charge in [0.2, 0.25) is 0 Å². The van der Waals surface area contributed by atoms with Gasteiger partial charge in [-0.3, -0.25) is 9.69 Å². The van der Waals surface area contributed by atoms with E-state index < -0.39 is 0 Å². The summed E-state index contributed by atoms with van der Waals surface area (Å²) in [4.78, 5) is 13.4. The summed E-state index contributed by atoms with van der Waals surface area (Å²) >= 11 is 0. The molecular weight excluding hydrogens is 178 g/mol. The fourth-order valence-electron chi connectivity index (χ4n) is 1.41. The highest BCUT2D eigenvalue weighted by molar-refractivity contribution is 5.71. The highest BCUT2D eigenvalue weighted by Crippen LogP contribution is 2.26. The van der Waals surface area contributed by atoms with E-state index in [4.69, 9.17) is 11.2 Å². The number of terminal acetylenes is 1. The Morgan fingerprint density at radius 2 is 2.36 bits per heavy atom. The van der Waals surface area contributed by atoms with Gasteiger partial charge in [0.15, 0.2) is 0 Å². The van der Waals surface area contributed by atoms with Crippen molar-refractivity contribution >= 4 is 5.97 Å². The van der Waals surface area contributed by atoms with Gasteiger partial charge in [-0.1, -0.05) is 0 Å². The van der Waals surface area contributed by atoms with E-state index in [2.05, 4.69) is 10.8 Å². The Bertz CT molecular complexity index is 228. The fraction of sp³-hybridized carbons (Fsp3) is 0.727. The molecule has 14 heavy (non-hydrogen) atoms. The number of nitrogens with zero attached hydrogens (tertiary/aromatic N) is 1. The Morgan fingerprint density at radius 1 is 1.64 bits per heavy atom. The quantitative estimate of drug-likeness (QED) is 0.468. The van der Waals surface area contributed by atoms with Gasteiger partial charge in [0.05, 0.1) is 13.2 Å². The van der Waals surface area contributed by atoms with Crippen LogP contribution in [0.5, 0.6) is 0 Å². The lowest BCUT2D eigenvalue weighted by atomic mass is 10.3. The molecule has 1 saturated carbocycles. The van der Waals surface area contributed by atoms with E-state index in [-0.39, 0.29) is 5.97 Å².